The maximum atomic E-state index is 13.1. The molecular weight excluding hydrogens is 202 g/mol. The molecule has 0 aliphatic heterocycles. The summed E-state index contributed by atoms with van der Waals surface area (Å²) in [5.41, 5.74) is 0.405. The van der Waals surface area contributed by atoms with Crippen LogP contribution in [0.1, 0.15) is 12.5 Å². The van der Waals surface area contributed by atoms with E-state index in [1.807, 2.05) is 0 Å². The molecule has 0 saturated heterocycles. The molecule has 1 aromatic rings. The Balaban J connectivity index is 2.78. The fourth-order valence-corrected chi connectivity index (χ4v) is 0.964. The highest BCUT2D eigenvalue weighted by Gasteiger charge is 2.08. The zero-order valence-corrected chi connectivity index (χ0v) is 8.17. The maximum Gasteiger partial charge on any atom is 0.367 e. The highest BCUT2D eigenvalue weighted by Crippen LogP contribution is 2.10. The van der Waals surface area contributed by atoms with Gasteiger partial charge < -0.3 is 4.74 Å². The Kier molecular flexibility index (Phi) is 3.97. The Bertz CT molecular complexity index is 369. The molecule has 0 unspecified atom stereocenters. The molecule has 1 aromatic carbocycles. The number of carbonyl (C=O) groups is 1. The lowest BCUT2D eigenvalue weighted by Crippen LogP contribution is -2.03. The van der Waals surface area contributed by atoms with Crippen LogP contribution in [0, 0.1) is 5.82 Å². The van der Waals surface area contributed by atoms with E-state index in [9.17, 15) is 13.6 Å². The summed E-state index contributed by atoms with van der Waals surface area (Å²) in [6.45, 7) is 1.70. The minimum Gasteiger partial charge on any atom is -0.461 e. The molecule has 0 aliphatic rings. The van der Waals surface area contributed by atoms with Crippen LogP contribution in [0.2, 0.25) is 0 Å². The van der Waals surface area contributed by atoms with Gasteiger partial charge in [0.25, 0.3) is 0 Å². The molecule has 0 atom stereocenters. The summed E-state index contributed by atoms with van der Waals surface area (Å²) < 4.78 is 30.0. The first kappa shape index (κ1) is 11.4. The van der Waals surface area contributed by atoms with Gasteiger partial charge in [-0.15, -0.1) is 0 Å². The molecule has 0 spiro atoms. The fourth-order valence-electron chi connectivity index (χ4n) is 0.964. The summed E-state index contributed by atoms with van der Waals surface area (Å²) in [5.74, 6) is -2.42. The molecule has 15 heavy (non-hydrogen) atoms. The Labute approximate surface area is 86.2 Å². The number of halogens is 2. The summed E-state index contributed by atoms with van der Waals surface area (Å²) >= 11 is 0. The summed E-state index contributed by atoms with van der Waals surface area (Å²) in [7, 11) is 0. The van der Waals surface area contributed by atoms with E-state index >= 15 is 0 Å². The largest absolute Gasteiger partial charge is 0.461 e. The van der Waals surface area contributed by atoms with Crippen molar-refractivity contribution in [3.8, 4) is 0 Å². The van der Waals surface area contributed by atoms with Crippen molar-refractivity contribution in [3.63, 3.8) is 0 Å². The van der Waals surface area contributed by atoms with Crippen molar-refractivity contribution in [2.24, 2.45) is 0 Å². The van der Waals surface area contributed by atoms with Crippen LogP contribution >= 0.6 is 0 Å². The van der Waals surface area contributed by atoms with Crippen LogP contribution in [0.5, 0.6) is 0 Å². The Morgan fingerprint density at radius 2 is 2.00 bits per heavy atom. The van der Waals surface area contributed by atoms with E-state index in [1.165, 1.54) is 24.3 Å². The highest BCUT2D eigenvalue weighted by atomic mass is 19.1. The van der Waals surface area contributed by atoms with Gasteiger partial charge in [-0.25, -0.2) is 9.18 Å². The van der Waals surface area contributed by atoms with Gasteiger partial charge in [0.1, 0.15) is 5.82 Å². The molecule has 80 valence electrons. The first-order chi connectivity index (χ1) is 7.13. The Morgan fingerprint density at radius 3 is 2.53 bits per heavy atom. The molecule has 0 bridgehead atoms. The molecular formula is C11H10F2O2. The van der Waals surface area contributed by atoms with E-state index < -0.39 is 17.6 Å². The molecule has 0 heterocycles. The van der Waals surface area contributed by atoms with Crippen molar-refractivity contribution in [3.05, 3.63) is 41.5 Å². The van der Waals surface area contributed by atoms with Gasteiger partial charge in [0.2, 0.25) is 5.83 Å². The van der Waals surface area contributed by atoms with E-state index in [0.29, 0.717) is 5.56 Å². The lowest BCUT2D eigenvalue weighted by molar-refractivity contribution is -0.140. The van der Waals surface area contributed by atoms with Gasteiger partial charge in [-0.3, -0.25) is 0 Å². The van der Waals surface area contributed by atoms with Gasteiger partial charge in [0.15, 0.2) is 0 Å². The van der Waals surface area contributed by atoms with E-state index in [4.69, 9.17) is 0 Å². The second-order valence-electron chi connectivity index (χ2n) is 2.76. The quantitative estimate of drug-likeness (QED) is 0.568. The van der Waals surface area contributed by atoms with Gasteiger partial charge in [-0.05, 0) is 30.7 Å². The number of carbonyl (C=O) groups excluding carboxylic acids is 1. The van der Waals surface area contributed by atoms with Crippen molar-refractivity contribution >= 4 is 12.0 Å². The first-order valence-electron chi connectivity index (χ1n) is 4.43. The second-order valence-corrected chi connectivity index (χ2v) is 2.76. The monoisotopic (exact) mass is 212 g/mol. The number of hydrogen-bond donors (Lipinski definition) is 0. The first-order valence-corrected chi connectivity index (χ1v) is 4.43. The fraction of sp³-hybridized carbons (Fsp3) is 0.182. The zero-order valence-electron chi connectivity index (χ0n) is 8.17. The number of ether oxygens (including phenoxy) is 1. The normalized spacial score (nSPS) is 11.3. The molecule has 0 aromatic heterocycles. The third-order valence-electron chi connectivity index (χ3n) is 1.63. The zero-order chi connectivity index (χ0) is 11.3. The molecule has 0 fully saturated rings. The van der Waals surface area contributed by atoms with Crippen LogP contribution in [0.4, 0.5) is 8.78 Å². The predicted octanol–water partition coefficient (Wildman–Crippen LogP) is 2.70. The Hall–Kier alpha value is -1.71. The Morgan fingerprint density at radius 1 is 1.40 bits per heavy atom. The topological polar surface area (TPSA) is 26.3 Å². The molecule has 0 N–H and O–H groups in total. The minimum atomic E-state index is -1.01. The minimum absolute atomic E-state index is 0.115. The van der Waals surface area contributed by atoms with Crippen LogP contribution < -0.4 is 0 Å². The lowest BCUT2D eigenvalue weighted by atomic mass is 10.2. The summed E-state index contributed by atoms with van der Waals surface area (Å²) in [6.07, 6.45) is 0.997. The summed E-state index contributed by atoms with van der Waals surface area (Å²) in [6, 6.07) is 5.11. The van der Waals surface area contributed by atoms with Crippen LogP contribution in [-0.4, -0.2) is 12.6 Å². The molecule has 0 aliphatic carbocycles. The average Bonchev–Trinajstić information content (AvgIpc) is 2.22. The van der Waals surface area contributed by atoms with Crippen LogP contribution in [-0.2, 0) is 9.53 Å². The smallest absolute Gasteiger partial charge is 0.367 e. The van der Waals surface area contributed by atoms with Gasteiger partial charge in [-0.2, -0.15) is 4.39 Å². The van der Waals surface area contributed by atoms with Crippen molar-refractivity contribution in [1.29, 1.82) is 0 Å². The van der Waals surface area contributed by atoms with Crippen molar-refractivity contribution in [2.45, 2.75) is 6.92 Å². The maximum absolute atomic E-state index is 13.1. The molecule has 1 rings (SSSR count). The van der Waals surface area contributed by atoms with E-state index in [1.54, 1.807) is 6.92 Å². The number of hydrogen-bond acceptors (Lipinski definition) is 2. The number of esters is 1. The van der Waals surface area contributed by atoms with Crippen LogP contribution in [0.15, 0.2) is 30.1 Å². The molecule has 2 nitrogen and oxygen atoms in total. The van der Waals surface area contributed by atoms with E-state index in [2.05, 4.69) is 4.74 Å². The average molecular weight is 212 g/mol. The highest BCUT2D eigenvalue weighted by molar-refractivity contribution is 5.91. The van der Waals surface area contributed by atoms with Gasteiger partial charge in [0.05, 0.1) is 6.61 Å². The molecule has 0 amide bonds. The number of rotatable bonds is 3. The lowest BCUT2D eigenvalue weighted by Gasteiger charge is -1.98. The van der Waals surface area contributed by atoms with Crippen molar-refractivity contribution in [1.82, 2.24) is 0 Å². The second kappa shape index (κ2) is 5.24. The summed E-state index contributed by atoms with van der Waals surface area (Å²) in [4.78, 5) is 10.9. The predicted molar refractivity (Wildman–Crippen MR) is 52.1 cm³/mol. The third kappa shape index (κ3) is 3.50. The third-order valence-corrected chi connectivity index (χ3v) is 1.63. The van der Waals surface area contributed by atoms with E-state index in [-0.39, 0.29) is 6.61 Å². The van der Waals surface area contributed by atoms with Gasteiger partial charge in [0, 0.05) is 0 Å². The molecule has 0 saturated carbocycles. The van der Waals surface area contributed by atoms with Crippen molar-refractivity contribution < 1.29 is 18.3 Å². The van der Waals surface area contributed by atoms with Gasteiger partial charge >= 0.3 is 5.97 Å². The van der Waals surface area contributed by atoms with Crippen LogP contribution in [0.3, 0.4) is 0 Å². The van der Waals surface area contributed by atoms with E-state index in [0.717, 1.165) is 6.08 Å². The molecule has 0 radical (unpaired) electrons. The molecule has 4 heteroatoms. The van der Waals surface area contributed by atoms with Gasteiger partial charge in [-0.1, -0.05) is 12.1 Å². The summed E-state index contributed by atoms with van der Waals surface area (Å²) in [5, 5.41) is 0. The number of benzene rings is 1. The SMILES string of the molecule is CCOC(=O)/C(F)=C\c1ccc(F)cc1. The standard InChI is InChI=1S/C11H10F2O2/c1-2-15-11(14)10(13)7-8-3-5-9(12)6-4-8/h3-7H,2H2,1H3/b10-7+. The van der Waals surface area contributed by atoms with Crippen LogP contribution in [0.25, 0.3) is 6.08 Å². The van der Waals surface area contributed by atoms with Crippen molar-refractivity contribution in [2.75, 3.05) is 6.61 Å².